The Morgan fingerprint density at radius 3 is 2.16 bits per heavy atom. The SMILES string of the molecule is Cc1cc(C)cc(NC(=O)C(=O)NCC2(c3ccc(F)cc3)CC2)c1. The predicted molar refractivity (Wildman–Crippen MR) is 94.9 cm³/mol. The maximum Gasteiger partial charge on any atom is 0.313 e. The average molecular weight is 340 g/mol. The molecule has 1 saturated carbocycles. The zero-order chi connectivity index (χ0) is 18.0. The Morgan fingerprint density at radius 1 is 1.00 bits per heavy atom. The largest absolute Gasteiger partial charge is 0.347 e. The van der Waals surface area contributed by atoms with Crippen molar-refractivity contribution in [2.24, 2.45) is 0 Å². The van der Waals surface area contributed by atoms with Crippen molar-refractivity contribution in [2.75, 3.05) is 11.9 Å². The molecule has 3 rings (SSSR count). The molecule has 2 amide bonds. The molecule has 0 aliphatic heterocycles. The third kappa shape index (κ3) is 4.05. The Labute approximate surface area is 146 Å². The zero-order valence-corrected chi connectivity index (χ0v) is 14.4. The third-order valence-electron chi connectivity index (χ3n) is 4.58. The molecule has 1 aliphatic rings. The molecule has 2 aromatic carbocycles. The van der Waals surface area contributed by atoms with Gasteiger partial charge in [0, 0.05) is 17.6 Å². The molecular weight excluding hydrogens is 319 g/mol. The fourth-order valence-corrected chi connectivity index (χ4v) is 3.09. The summed E-state index contributed by atoms with van der Waals surface area (Å²) in [6.07, 6.45) is 1.83. The van der Waals surface area contributed by atoms with Crippen LogP contribution in [0.15, 0.2) is 42.5 Å². The second-order valence-electron chi connectivity index (χ2n) is 6.80. The van der Waals surface area contributed by atoms with Crippen LogP contribution in [-0.2, 0) is 15.0 Å². The molecule has 2 N–H and O–H groups in total. The number of rotatable bonds is 4. The van der Waals surface area contributed by atoms with E-state index in [1.165, 1.54) is 12.1 Å². The summed E-state index contributed by atoms with van der Waals surface area (Å²) in [6, 6.07) is 12.0. The van der Waals surface area contributed by atoms with Gasteiger partial charge in [0.2, 0.25) is 0 Å². The normalized spacial score (nSPS) is 14.7. The van der Waals surface area contributed by atoms with Gasteiger partial charge in [0.25, 0.3) is 0 Å². The summed E-state index contributed by atoms with van der Waals surface area (Å²) in [7, 11) is 0. The van der Waals surface area contributed by atoms with Crippen molar-refractivity contribution in [3.8, 4) is 0 Å². The van der Waals surface area contributed by atoms with Crippen LogP contribution in [-0.4, -0.2) is 18.4 Å². The van der Waals surface area contributed by atoms with E-state index in [-0.39, 0.29) is 11.2 Å². The van der Waals surface area contributed by atoms with Gasteiger partial charge in [-0.3, -0.25) is 9.59 Å². The monoisotopic (exact) mass is 340 g/mol. The lowest BCUT2D eigenvalue weighted by Crippen LogP contribution is -2.39. The van der Waals surface area contributed by atoms with Crippen molar-refractivity contribution in [3.63, 3.8) is 0 Å². The Kier molecular flexibility index (Phi) is 4.57. The Hall–Kier alpha value is -2.69. The van der Waals surface area contributed by atoms with Gasteiger partial charge in [-0.2, -0.15) is 0 Å². The molecule has 0 aromatic heterocycles. The van der Waals surface area contributed by atoms with Crippen molar-refractivity contribution in [1.82, 2.24) is 5.32 Å². The smallest absolute Gasteiger partial charge is 0.313 e. The molecule has 0 radical (unpaired) electrons. The lowest BCUT2D eigenvalue weighted by molar-refractivity contribution is -0.136. The highest BCUT2D eigenvalue weighted by Crippen LogP contribution is 2.47. The number of halogens is 1. The number of benzene rings is 2. The van der Waals surface area contributed by atoms with Gasteiger partial charge in [0.15, 0.2) is 0 Å². The van der Waals surface area contributed by atoms with Crippen LogP contribution in [0.5, 0.6) is 0 Å². The molecular formula is C20H21FN2O2. The lowest BCUT2D eigenvalue weighted by atomic mass is 9.96. The van der Waals surface area contributed by atoms with Crippen LogP contribution in [0, 0.1) is 19.7 Å². The van der Waals surface area contributed by atoms with E-state index in [0.717, 1.165) is 29.5 Å². The number of hydrogen-bond acceptors (Lipinski definition) is 2. The summed E-state index contributed by atoms with van der Waals surface area (Å²) in [5.41, 5.74) is 3.46. The van der Waals surface area contributed by atoms with E-state index >= 15 is 0 Å². The first-order valence-electron chi connectivity index (χ1n) is 8.31. The highest BCUT2D eigenvalue weighted by Gasteiger charge is 2.44. The highest BCUT2D eigenvalue weighted by molar-refractivity contribution is 6.39. The second-order valence-corrected chi connectivity index (χ2v) is 6.80. The van der Waals surface area contributed by atoms with Crippen LogP contribution in [0.2, 0.25) is 0 Å². The van der Waals surface area contributed by atoms with E-state index in [4.69, 9.17) is 0 Å². The molecule has 130 valence electrons. The van der Waals surface area contributed by atoms with E-state index in [9.17, 15) is 14.0 Å². The van der Waals surface area contributed by atoms with E-state index in [1.807, 2.05) is 32.0 Å². The van der Waals surface area contributed by atoms with Gasteiger partial charge in [-0.25, -0.2) is 4.39 Å². The highest BCUT2D eigenvalue weighted by atomic mass is 19.1. The summed E-state index contributed by atoms with van der Waals surface area (Å²) in [4.78, 5) is 24.2. The van der Waals surface area contributed by atoms with Crippen molar-refractivity contribution >= 4 is 17.5 Å². The standard InChI is InChI=1S/C20H21FN2O2/c1-13-9-14(2)11-17(10-13)23-19(25)18(24)22-12-20(7-8-20)15-3-5-16(21)6-4-15/h3-6,9-11H,7-8,12H2,1-2H3,(H,22,24)(H,23,25). The maximum atomic E-state index is 13.1. The van der Waals surface area contributed by atoms with E-state index in [1.54, 1.807) is 12.1 Å². The van der Waals surface area contributed by atoms with Crippen molar-refractivity contribution < 1.29 is 14.0 Å². The van der Waals surface area contributed by atoms with Gasteiger partial charge in [0.05, 0.1) is 0 Å². The van der Waals surface area contributed by atoms with Crippen LogP contribution in [0.4, 0.5) is 10.1 Å². The van der Waals surface area contributed by atoms with Crippen LogP contribution in [0.25, 0.3) is 0 Å². The summed E-state index contributed by atoms with van der Waals surface area (Å²) >= 11 is 0. The minimum absolute atomic E-state index is 0.177. The van der Waals surface area contributed by atoms with Gasteiger partial charge < -0.3 is 10.6 Å². The minimum Gasteiger partial charge on any atom is -0.347 e. The van der Waals surface area contributed by atoms with Gasteiger partial charge >= 0.3 is 11.8 Å². The summed E-state index contributed by atoms with van der Waals surface area (Å²) in [5.74, 6) is -1.62. The third-order valence-corrected chi connectivity index (χ3v) is 4.58. The number of amides is 2. The first-order valence-corrected chi connectivity index (χ1v) is 8.31. The second kappa shape index (κ2) is 6.67. The Bertz CT molecular complexity index is 791. The molecule has 0 saturated heterocycles. The van der Waals surface area contributed by atoms with Crippen molar-refractivity contribution in [2.45, 2.75) is 32.1 Å². The number of carbonyl (C=O) groups is 2. The number of anilines is 1. The van der Waals surface area contributed by atoms with Crippen molar-refractivity contribution in [3.05, 3.63) is 65.0 Å². The minimum atomic E-state index is -0.681. The Morgan fingerprint density at radius 2 is 1.60 bits per heavy atom. The average Bonchev–Trinajstić information content (AvgIpc) is 3.33. The Balaban J connectivity index is 1.58. The maximum absolute atomic E-state index is 13.1. The molecule has 2 aromatic rings. The molecule has 4 nitrogen and oxygen atoms in total. The quantitative estimate of drug-likeness (QED) is 0.840. The van der Waals surface area contributed by atoms with Crippen LogP contribution < -0.4 is 10.6 Å². The van der Waals surface area contributed by atoms with Gasteiger partial charge in [-0.1, -0.05) is 18.2 Å². The molecule has 1 fully saturated rings. The van der Waals surface area contributed by atoms with Crippen LogP contribution in [0.1, 0.15) is 29.5 Å². The molecule has 1 aliphatic carbocycles. The molecule has 0 atom stereocenters. The summed E-state index contributed by atoms with van der Waals surface area (Å²) in [6.45, 7) is 4.24. The molecule has 0 unspecified atom stereocenters. The lowest BCUT2D eigenvalue weighted by Gasteiger charge is -2.16. The predicted octanol–water partition coefficient (Wildman–Crippen LogP) is 3.23. The number of nitrogens with one attached hydrogen (secondary N) is 2. The first kappa shape index (κ1) is 17.1. The molecule has 0 heterocycles. The zero-order valence-electron chi connectivity index (χ0n) is 14.4. The van der Waals surface area contributed by atoms with E-state index < -0.39 is 11.8 Å². The molecule has 0 bridgehead atoms. The van der Waals surface area contributed by atoms with E-state index in [2.05, 4.69) is 10.6 Å². The van der Waals surface area contributed by atoms with Crippen LogP contribution in [0.3, 0.4) is 0 Å². The van der Waals surface area contributed by atoms with Gasteiger partial charge in [-0.15, -0.1) is 0 Å². The summed E-state index contributed by atoms with van der Waals surface area (Å²) in [5, 5.41) is 5.33. The van der Waals surface area contributed by atoms with Gasteiger partial charge in [-0.05, 0) is 67.6 Å². The van der Waals surface area contributed by atoms with Crippen molar-refractivity contribution in [1.29, 1.82) is 0 Å². The first-order chi connectivity index (χ1) is 11.9. The molecule has 0 spiro atoms. The summed E-state index contributed by atoms with van der Waals surface area (Å²) < 4.78 is 13.1. The van der Waals surface area contributed by atoms with Crippen LogP contribution >= 0.6 is 0 Å². The topological polar surface area (TPSA) is 58.2 Å². The number of carbonyl (C=O) groups excluding carboxylic acids is 2. The fraction of sp³-hybridized carbons (Fsp3) is 0.300. The van der Waals surface area contributed by atoms with Gasteiger partial charge in [0.1, 0.15) is 5.82 Å². The number of hydrogen-bond donors (Lipinski definition) is 2. The van der Waals surface area contributed by atoms with E-state index in [0.29, 0.717) is 12.2 Å². The fourth-order valence-electron chi connectivity index (χ4n) is 3.09. The molecule has 5 heteroatoms. The molecule has 25 heavy (non-hydrogen) atoms. The number of aryl methyl sites for hydroxylation is 2.